The van der Waals surface area contributed by atoms with Crippen LogP contribution in [0.25, 0.3) is 0 Å². The lowest BCUT2D eigenvalue weighted by atomic mass is 9.98. The van der Waals surface area contributed by atoms with Gasteiger partial charge < -0.3 is 10.6 Å². The Hall–Kier alpha value is -2.36. The summed E-state index contributed by atoms with van der Waals surface area (Å²) in [5.74, 6) is -0.196. The normalized spacial score (nSPS) is 13.2. The Morgan fingerprint density at radius 1 is 1.09 bits per heavy atom. The largest absolute Gasteiger partial charge is 0.374 e. The first-order valence-electron chi connectivity index (χ1n) is 7.93. The molecule has 0 saturated heterocycles. The average molecular weight is 314 g/mol. The van der Waals surface area contributed by atoms with E-state index in [-0.39, 0.29) is 11.6 Å². The maximum Gasteiger partial charge on any atom is 0.246 e. The Morgan fingerprint density at radius 3 is 2.35 bits per heavy atom. The molecular weight excluding hydrogens is 291 g/mol. The Labute approximate surface area is 136 Å². The molecule has 23 heavy (non-hydrogen) atoms. The lowest BCUT2D eigenvalue weighted by Gasteiger charge is -2.16. The fraction of sp³-hybridized carbons (Fsp3) is 0.316. The van der Waals surface area contributed by atoms with Gasteiger partial charge in [0.1, 0.15) is 11.9 Å². The second kappa shape index (κ2) is 7.77. The second-order valence-corrected chi connectivity index (χ2v) is 5.77. The molecule has 2 aromatic carbocycles. The molecule has 2 rings (SSSR count). The molecule has 0 bridgehead atoms. The monoisotopic (exact) mass is 314 g/mol. The molecule has 122 valence electrons. The zero-order valence-electron chi connectivity index (χ0n) is 13.8. The molecule has 0 aliphatic rings. The van der Waals surface area contributed by atoms with Crippen molar-refractivity contribution in [1.82, 2.24) is 0 Å². The zero-order chi connectivity index (χ0) is 16.8. The van der Waals surface area contributed by atoms with E-state index in [4.69, 9.17) is 0 Å². The van der Waals surface area contributed by atoms with Crippen molar-refractivity contribution in [3.8, 4) is 0 Å². The Balaban J connectivity index is 1.97. The molecule has 0 heterocycles. The molecule has 1 amide bonds. The number of hydrogen-bond acceptors (Lipinski definition) is 2. The summed E-state index contributed by atoms with van der Waals surface area (Å²) in [7, 11) is 0. The Morgan fingerprint density at radius 2 is 1.74 bits per heavy atom. The van der Waals surface area contributed by atoms with Crippen molar-refractivity contribution in [2.75, 3.05) is 10.6 Å². The van der Waals surface area contributed by atoms with Crippen LogP contribution in [-0.4, -0.2) is 11.9 Å². The molecule has 2 atom stereocenters. The van der Waals surface area contributed by atoms with Crippen molar-refractivity contribution in [2.24, 2.45) is 0 Å². The van der Waals surface area contributed by atoms with Gasteiger partial charge in [0.15, 0.2) is 0 Å². The number of rotatable bonds is 6. The molecule has 3 nitrogen and oxygen atoms in total. The summed E-state index contributed by atoms with van der Waals surface area (Å²) in [4.78, 5) is 12.2. The first-order chi connectivity index (χ1) is 11.0. The van der Waals surface area contributed by atoms with Crippen LogP contribution in [0.5, 0.6) is 0 Å². The van der Waals surface area contributed by atoms with Crippen molar-refractivity contribution in [1.29, 1.82) is 0 Å². The van der Waals surface area contributed by atoms with Gasteiger partial charge in [-0.25, -0.2) is 4.39 Å². The third-order valence-corrected chi connectivity index (χ3v) is 4.00. The molecular formula is C19H23FN2O. The molecule has 0 fully saturated rings. The number of anilines is 2. The minimum Gasteiger partial charge on any atom is -0.374 e. The fourth-order valence-electron chi connectivity index (χ4n) is 2.26. The summed E-state index contributed by atoms with van der Waals surface area (Å²) in [5, 5.41) is 5.72. The maximum absolute atomic E-state index is 13.6. The lowest BCUT2D eigenvalue weighted by molar-refractivity contribution is -0.116. The van der Waals surface area contributed by atoms with Crippen molar-refractivity contribution >= 4 is 17.3 Å². The quantitative estimate of drug-likeness (QED) is 0.805. The number of benzene rings is 2. The predicted molar refractivity (Wildman–Crippen MR) is 93.3 cm³/mol. The highest BCUT2D eigenvalue weighted by Crippen LogP contribution is 2.21. The van der Waals surface area contributed by atoms with E-state index in [1.807, 2.05) is 12.1 Å². The van der Waals surface area contributed by atoms with E-state index < -0.39 is 11.9 Å². The molecule has 0 unspecified atom stereocenters. The van der Waals surface area contributed by atoms with Crippen LogP contribution in [0.4, 0.5) is 15.8 Å². The minimum absolute atomic E-state index is 0.193. The van der Waals surface area contributed by atoms with Gasteiger partial charge in [0.2, 0.25) is 5.91 Å². The van der Waals surface area contributed by atoms with Gasteiger partial charge in [-0.2, -0.15) is 0 Å². The van der Waals surface area contributed by atoms with Crippen LogP contribution in [0.3, 0.4) is 0 Å². The molecule has 0 aliphatic heterocycles. The number of amides is 1. The molecule has 2 N–H and O–H groups in total. The van der Waals surface area contributed by atoms with Gasteiger partial charge in [0.05, 0.1) is 5.69 Å². The van der Waals surface area contributed by atoms with E-state index in [9.17, 15) is 9.18 Å². The third kappa shape index (κ3) is 4.55. The molecule has 0 spiro atoms. The smallest absolute Gasteiger partial charge is 0.246 e. The minimum atomic E-state index is -0.468. The average Bonchev–Trinajstić information content (AvgIpc) is 2.56. The van der Waals surface area contributed by atoms with Gasteiger partial charge in [-0.15, -0.1) is 0 Å². The Kier molecular flexibility index (Phi) is 5.74. The molecule has 0 radical (unpaired) electrons. The van der Waals surface area contributed by atoms with Crippen LogP contribution in [0.15, 0.2) is 48.5 Å². The maximum atomic E-state index is 13.6. The van der Waals surface area contributed by atoms with Crippen LogP contribution < -0.4 is 10.6 Å². The number of hydrogen-bond donors (Lipinski definition) is 2. The molecule has 4 heteroatoms. The van der Waals surface area contributed by atoms with E-state index in [2.05, 4.69) is 36.6 Å². The van der Waals surface area contributed by atoms with Crippen molar-refractivity contribution in [2.45, 2.75) is 39.2 Å². The van der Waals surface area contributed by atoms with E-state index >= 15 is 0 Å². The standard InChI is InChI=1S/C19H23FN2O/c1-4-13(2)15-9-11-16(12-10-15)21-14(3)19(23)22-18-8-6-5-7-17(18)20/h5-14,21H,4H2,1-3H3,(H,22,23)/t13-,14+/m0/s1. The van der Waals surface area contributed by atoms with Gasteiger partial charge in [0.25, 0.3) is 0 Å². The molecule has 0 aliphatic carbocycles. The van der Waals surface area contributed by atoms with Gasteiger partial charge in [-0.1, -0.05) is 38.1 Å². The first kappa shape index (κ1) is 17.0. The number of carbonyl (C=O) groups is 1. The van der Waals surface area contributed by atoms with Crippen LogP contribution in [-0.2, 0) is 4.79 Å². The summed E-state index contributed by atoms with van der Waals surface area (Å²) in [6.45, 7) is 6.09. The van der Waals surface area contributed by atoms with Gasteiger partial charge >= 0.3 is 0 Å². The molecule has 2 aromatic rings. The predicted octanol–water partition coefficient (Wildman–Crippen LogP) is 4.78. The van der Waals surface area contributed by atoms with Crippen molar-refractivity contribution in [3.05, 3.63) is 59.9 Å². The third-order valence-electron chi connectivity index (χ3n) is 4.00. The van der Waals surface area contributed by atoms with Crippen molar-refractivity contribution in [3.63, 3.8) is 0 Å². The zero-order valence-corrected chi connectivity index (χ0v) is 13.8. The van der Waals surface area contributed by atoms with Crippen LogP contribution in [0.2, 0.25) is 0 Å². The highest BCUT2D eigenvalue weighted by Gasteiger charge is 2.14. The highest BCUT2D eigenvalue weighted by molar-refractivity contribution is 5.96. The van der Waals surface area contributed by atoms with Gasteiger partial charge in [-0.3, -0.25) is 4.79 Å². The van der Waals surface area contributed by atoms with Crippen molar-refractivity contribution < 1.29 is 9.18 Å². The number of nitrogens with one attached hydrogen (secondary N) is 2. The summed E-state index contributed by atoms with van der Waals surface area (Å²) in [6.07, 6.45) is 1.09. The number of carbonyl (C=O) groups excluding carboxylic acids is 1. The number of halogens is 1. The Bertz CT molecular complexity index is 655. The van der Waals surface area contributed by atoms with E-state index in [1.54, 1.807) is 25.1 Å². The van der Waals surface area contributed by atoms with E-state index in [0.717, 1.165) is 12.1 Å². The summed E-state index contributed by atoms with van der Waals surface area (Å²) < 4.78 is 13.6. The van der Waals surface area contributed by atoms with Crippen LogP contribution in [0, 0.1) is 5.82 Å². The molecule has 0 saturated carbocycles. The SMILES string of the molecule is CC[C@H](C)c1ccc(N[C@H](C)C(=O)Nc2ccccc2F)cc1. The summed E-state index contributed by atoms with van der Waals surface area (Å²) in [6, 6.07) is 13.7. The second-order valence-electron chi connectivity index (χ2n) is 5.77. The highest BCUT2D eigenvalue weighted by atomic mass is 19.1. The van der Waals surface area contributed by atoms with E-state index in [0.29, 0.717) is 5.92 Å². The summed E-state index contributed by atoms with van der Waals surface area (Å²) in [5.41, 5.74) is 2.34. The molecule has 0 aromatic heterocycles. The van der Waals surface area contributed by atoms with Gasteiger partial charge in [-0.05, 0) is 49.1 Å². The summed E-state index contributed by atoms with van der Waals surface area (Å²) >= 11 is 0. The first-order valence-corrected chi connectivity index (χ1v) is 7.93. The van der Waals surface area contributed by atoms with Crippen LogP contribution >= 0.6 is 0 Å². The fourth-order valence-corrected chi connectivity index (χ4v) is 2.26. The van der Waals surface area contributed by atoms with Gasteiger partial charge in [0, 0.05) is 5.69 Å². The van der Waals surface area contributed by atoms with Crippen LogP contribution in [0.1, 0.15) is 38.7 Å². The van der Waals surface area contributed by atoms with E-state index in [1.165, 1.54) is 11.6 Å². The lowest BCUT2D eigenvalue weighted by Crippen LogP contribution is -2.32. The topological polar surface area (TPSA) is 41.1 Å². The number of para-hydroxylation sites is 1.